The number of carbonyl (C=O) groups excluding carboxylic acids is 3. The Labute approximate surface area is 215 Å². The van der Waals surface area contributed by atoms with Crippen LogP contribution < -0.4 is 14.8 Å². The number of amides is 2. The van der Waals surface area contributed by atoms with Gasteiger partial charge in [-0.25, -0.2) is 4.79 Å². The minimum atomic E-state index is -0.900. The monoisotopic (exact) mass is 529 g/mol. The third-order valence-corrected chi connectivity index (χ3v) is 7.09. The van der Waals surface area contributed by atoms with Gasteiger partial charge in [0.2, 0.25) is 0 Å². The number of β-lactam (4-membered cyclic amide) rings is 1. The number of esters is 1. The summed E-state index contributed by atoms with van der Waals surface area (Å²) in [5.74, 6) is -0.739. The molecule has 2 heterocycles. The zero-order valence-electron chi connectivity index (χ0n) is 20.1. The molecule has 2 aliphatic rings. The predicted octanol–water partition coefficient (Wildman–Crippen LogP) is 2.23. The average Bonchev–Trinajstić information content (AvgIpc) is 2.93. The van der Waals surface area contributed by atoms with Crippen LogP contribution in [0.1, 0.15) is 15.9 Å². The van der Waals surface area contributed by atoms with Gasteiger partial charge in [0.1, 0.15) is 40.8 Å². The van der Waals surface area contributed by atoms with Crippen LogP contribution in [-0.4, -0.2) is 66.1 Å². The lowest BCUT2D eigenvalue weighted by Crippen LogP contribution is -2.70. The van der Waals surface area contributed by atoms with Crippen molar-refractivity contribution in [3.63, 3.8) is 0 Å². The van der Waals surface area contributed by atoms with Gasteiger partial charge in [-0.15, -0.1) is 11.8 Å². The molecule has 37 heavy (non-hydrogen) atoms. The maximum Gasteiger partial charge on any atom is 0.358 e. The van der Waals surface area contributed by atoms with Gasteiger partial charge in [-0.3, -0.25) is 24.6 Å². The van der Waals surface area contributed by atoms with Crippen LogP contribution in [0, 0.1) is 10.1 Å². The second kappa shape index (κ2) is 10.8. The smallest absolute Gasteiger partial charge is 0.358 e. The maximum absolute atomic E-state index is 13.1. The van der Waals surface area contributed by atoms with E-state index in [-0.39, 0.29) is 46.6 Å². The van der Waals surface area contributed by atoms with Gasteiger partial charge in [-0.1, -0.05) is 6.07 Å². The summed E-state index contributed by atoms with van der Waals surface area (Å²) in [7, 11) is 4.23. The molecule has 1 fully saturated rings. The molecule has 1 saturated heterocycles. The predicted molar refractivity (Wildman–Crippen MR) is 131 cm³/mol. The van der Waals surface area contributed by atoms with Gasteiger partial charge in [-0.05, 0) is 29.8 Å². The van der Waals surface area contributed by atoms with Gasteiger partial charge in [0.15, 0.2) is 5.70 Å². The highest BCUT2D eigenvalue weighted by Gasteiger charge is 2.55. The first-order chi connectivity index (χ1) is 17.8. The molecule has 13 heteroatoms. The molecule has 0 aromatic heterocycles. The van der Waals surface area contributed by atoms with E-state index in [4.69, 9.17) is 18.9 Å². The number of methoxy groups -OCH3 is 3. The van der Waals surface area contributed by atoms with Gasteiger partial charge in [0.05, 0.1) is 32.0 Å². The van der Waals surface area contributed by atoms with Crippen molar-refractivity contribution in [3.05, 3.63) is 75.2 Å². The number of hydrogen-bond donors (Lipinski definition) is 1. The summed E-state index contributed by atoms with van der Waals surface area (Å²) < 4.78 is 21.3. The van der Waals surface area contributed by atoms with Crippen molar-refractivity contribution in [1.29, 1.82) is 0 Å². The molecule has 1 unspecified atom stereocenters. The summed E-state index contributed by atoms with van der Waals surface area (Å²) in [6.07, 6.45) is 0. The number of carbonyl (C=O) groups is 3. The van der Waals surface area contributed by atoms with Crippen LogP contribution in [0.4, 0.5) is 5.69 Å². The van der Waals surface area contributed by atoms with E-state index in [0.29, 0.717) is 5.56 Å². The summed E-state index contributed by atoms with van der Waals surface area (Å²) in [5.41, 5.74) is 0.552. The van der Waals surface area contributed by atoms with E-state index in [0.717, 1.165) is 0 Å². The largest absolute Gasteiger partial charge is 0.498 e. The molecule has 0 spiro atoms. The van der Waals surface area contributed by atoms with Gasteiger partial charge < -0.3 is 24.3 Å². The molecule has 2 aliphatic heterocycles. The second-order valence-corrected chi connectivity index (χ2v) is 8.98. The van der Waals surface area contributed by atoms with Crippen LogP contribution in [-0.2, 0) is 25.7 Å². The van der Waals surface area contributed by atoms with E-state index in [1.807, 2.05) is 0 Å². The standard InChI is InChI=1S/C24H23N3O9S/c1-33-15-5-4-6-16(34-2)18(15)21(28)25-19-22(29)26-20(17(35-3)12-37-23(19)26)24(30)36-11-13-7-9-14(10-8-13)27(31)32/h4-10,19,23H,11-12H2,1-3H3,(H,25,28)/t19?,23-/m0/s1. The number of ether oxygens (including phenoxy) is 4. The number of nitrogens with zero attached hydrogens (tertiary/aromatic N) is 2. The van der Waals surface area contributed by atoms with E-state index in [9.17, 15) is 24.5 Å². The zero-order valence-corrected chi connectivity index (χ0v) is 20.9. The number of nitro groups is 1. The summed E-state index contributed by atoms with van der Waals surface area (Å²) >= 11 is 1.33. The summed E-state index contributed by atoms with van der Waals surface area (Å²) in [6, 6.07) is 9.55. The Morgan fingerprint density at radius 3 is 2.30 bits per heavy atom. The van der Waals surface area contributed by atoms with Gasteiger partial charge in [0, 0.05) is 12.1 Å². The lowest BCUT2D eigenvalue weighted by atomic mass is 10.0. The minimum Gasteiger partial charge on any atom is -0.498 e. The first-order valence-electron chi connectivity index (χ1n) is 10.9. The Kier molecular flexibility index (Phi) is 7.53. The number of non-ortho nitro benzene ring substituents is 1. The molecule has 4 rings (SSSR count). The summed E-state index contributed by atoms with van der Waals surface area (Å²) in [5, 5.41) is 13.0. The highest BCUT2D eigenvalue weighted by molar-refractivity contribution is 8.00. The van der Waals surface area contributed by atoms with Crippen LogP contribution in [0.25, 0.3) is 0 Å². The zero-order chi connectivity index (χ0) is 26.7. The van der Waals surface area contributed by atoms with E-state index in [2.05, 4.69) is 5.32 Å². The lowest BCUT2D eigenvalue weighted by molar-refractivity contribution is -0.384. The summed E-state index contributed by atoms with van der Waals surface area (Å²) in [4.78, 5) is 50.7. The average molecular weight is 530 g/mol. The number of nitro benzene ring substituents is 1. The molecule has 1 N–H and O–H groups in total. The Hall–Kier alpha value is -4.26. The molecule has 0 radical (unpaired) electrons. The molecule has 2 aromatic carbocycles. The fourth-order valence-electron chi connectivity index (χ4n) is 3.96. The topological polar surface area (TPSA) is 147 Å². The first kappa shape index (κ1) is 25.8. The fraction of sp³-hybridized carbons (Fsp3) is 0.292. The number of benzene rings is 2. The molecule has 194 valence electrons. The van der Waals surface area contributed by atoms with E-state index in [1.165, 1.54) is 62.3 Å². The number of fused-ring (bicyclic) bond motifs is 1. The van der Waals surface area contributed by atoms with Crippen LogP contribution in [0.5, 0.6) is 11.5 Å². The summed E-state index contributed by atoms with van der Waals surface area (Å²) in [6.45, 7) is -0.162. The Morgan fingerprint density at radius 2 is 1.73 bits per heavy atom. The van der Waals surface area contributed by atoms with Crippen molar-refractivity contribution in [2.24, 2.45) is 0 Å². The third kappa shape index (κ3) is 4.89. The normalized spacial score (nSPS) is 18.4. The van der Waals surface area contributed by atoms with Crippen LogP contribution in [0.2, 0.25) is 0 Å². The Balaban J connectivity index is 1.48. The number of hydrogen-bond acceptors (Lipinski definition) is 10. The number of nitrogens with one attached hydrogen (secondary N) is 1. The Morgan fingerprint density at radius 1 is 1.08 bits per heavy atom. The molecule has 2 atom stereocenters. The van der Waals surface area contributed by atoms with Crippen molar-refractivity contribution < 1.29 is 38.3 Å². The third-order valence-electron chi connectivity index (χ3n) is 5.83. The van der Waals surface area contributed by atoms with E-state index in [1.54, 1.807) is 18.2 Å². The molecule has 0 bridgehead atoms. The number of thioether (sulfide) groups is 1. The van der Waals surface area contributed by atoms with Gasteiger partial charge >= 0.3 is 5.97 Å². The van der Waals surface area contributed by atoms with Crippen molar-refractivity contribution in [2.75, 3.05) is 27.1 Å². The van der Waals surface area contributed by atoms with Crippen LogP contribution in [0.3, 0.4) is 0 Å². The van der Waals surface area contributed by atoms with Gasteiger partial charge in [0.25, 0.3) is 17.5 Å². The molecule has 2 amide bonds. The quantitative estimate of drug-likeness (QED) is 0.222. The van der Waals surface area contributed by atoms with Crippen molar-refractivity contribution in [2.45, 2.75) is 18.0 Å². The SMILES string of the molecule is COC1=C(C(=O)OCc2ccc([N+](=O)[O-])cc2)N2C(=O)C(NC(=O)c3c(OC)cccc3OC)[C@@H]2SC1. The highest BCUT2D eigenvalue weighted by Crippen LogP contribution is 2.41. The fourth-order valence-corrected chi connectivity index (χ4v) is 5.27. The lowest BCUT2D eigenvalue weighted by Gasteiger charge is -2.49. The second-order valence-electron chi connectivity index (χ2n) is 7.87. The maximum atomic E-state index is 13.1. The number of rotatable bonds is 9. The van der Waals surface area contributed by atoms with E-state index < -0.39 is 34.1 Å². The molecular formula is C24H23N3O9S. The molecule has 0 saturated carbocycles. The van der Waals surface area contributed by atoms with Gasteiger partial charge in [-0.2, -0.15) is 0 Å². The van der Waals surface area contributed by atoms with E-state index >= 15 is 0 Å². The molecule has 0 aliphatic carbocycles. The molecule has 12 nitrogen and oxygen atoms in total. The van der Waals surface area contributed by atoms with Crippen LogP contribution >= 0.6 is 11.8 Å². The highest BCUT2D eigenvalue weighted by atomic mass is 32.2. The van der Waals surface area contributed by atoms with Crippen molar-refractivity contribution >= 4 is 35.2 Å². The first-order valence-corrected chi connectivity index (χ1v) is 12.0. The Bertz CT molecular complexity index is 1260. The molecular weight excluding hydrogens is 506 g/mol. The molecule has 2 aromatic rings. The van der Waals surface area contributed by atoms with Crippen molar-refractivity contribution in [1.82, 2.24) is 10.2 Å². The van der Waals surface area contributed by atoms with Crippen molar-refractivity contribution in [3.8, 4) is 11.5 Å². The van der Waals surface area contributed by atoms with Crippen LogP contribution in [0.15, 0.2) is 53.9 Å². The minimum absolute atomic E-state index is 0.0430.